The molecule has 1 aliphatic rings. The molecule has 1 aromatic heterocycles. The maximum absolute atomic E-state index is 14.3. The zero-order chi connectivity index (χ0) is 17.1. The van der Waals surface area contributed by atoms with Crippen molar-refractivity contribution < 1.29 is 13.5 Å². The fourth-order valence-electron chi connectivity index (χ4n) is 3.83. The maximum atomic E-state index is 14.3. The van der Waals surface area contributed by atoms with Crippen molar-refractivity contribution in [3.05, 3.63) is 40.2 Å². The molecule has 0 atom stereocenters. The van der Waals surface area contributed by atoms with Gasteiger partial charge in [-0.2, -0.15) is 0 Å². The van der Waals surface area contributed by atoms with E-state index in [1.807, 2.05) is 6.07 Å². The van der Waals surface area contributed by atoms with Gasteiger partial charge in [0, 0.05) is 5.92 Å². The van der Waals surface area contributed by atoms with Gasteiger partial charge in [-0.3, -0.25) is 0 Å². The summed E-state index contributed by atoms with van der Waals surface area (Å²) in [5, 5.41) is 0.572. The summed E-state index contributed by atoms with van der Waals surface area (Å²) in [6, 6.07) is 5.11. The van der Waals surface area contributed by atoms with Crippen molar-refractivity contribution >= 4 is 10.8 Å². The van der Waals surface area contributed by atoms with Gasteiger partial charge in [-0.15, -0.1) is 0 Å². The largest absolute Gasteiger partial charge is 0.494 e. The molecular weight excluding hydrogens is 307 g/mol. The molecular formula is C20H25FO3. The van der Waals surface area contributed by atoms with Crippen molar-refractivity contribution in [1.29, 1.82) is 0 Å². The number of ether oxygens (including phenoxy) is 1. The average Bonchev–Trinajstić information content (AvgIpc) is 2.60. The molecule has 1 saturated carbocycles. The van der Waals surface area contributed by atoms with Crippen LogP contribution >= 0.6 is 0 Å². The lowest BCUT2D eigenvalue weighted by atomic mass is 9.78. The van der Waals surface area contributed by atoms with Gasteiger partial charge in [0.05, 0.1) is 7.11 Å². The Balaban J connectivity index is 1.83. The van der Waals surface area contributed by atoms with Gasteiger partial charge in [-0.25, -0.2) is 9.18 Å². The first-order chi connectivity index (χ1) is 11.6. The van der Waals surface area contributed by atoms with E-state index in [1.54, 1.807) is 12.1 Å². The minimum Gasteiger partial charge on any atom is -0.494 e. The highest BCUT2D eigenvalue weighted by atomic mass is 19.1. The second kappa shape index (κ2) is 7.37. The van der Waals surface area contributed by atoms with E-state index in [9.17, 15) is 9.18 Å². The summed E-state index contributed by atoms with van der Waals surface area (Å²) in [4.78, 5) is 12.3. The molecule has 3 rings (SSSR count). The van der Waals surface area contributed by atoms with E-state index in [4.69, 9.17) is 9.15 Å². The topological polar surface area (TPSA) is 39.4 Å². The molecule has 0 bridgehead atoms. The quantitative estimate of drug-likeness (QED) is 0.735. The monoisotopic (exact) mass is 332 g/mol. The number of fused-ring (bicyclic) bond motifs is 1. The van der Waals surface area contributed by atoms with Gasteiger partial charge < -0.3 is 9.15 Å². The fourth-order valence-corrected chi connectivity index (χ4v) is 3.83. The summed E-state index contributed by atoms with van der Waals surface area (Å²) in [5.41, 5.74) is -0.605. The first kappa shape index (κ1) is 17.0. The highest BCUT2D eigenvalue weighted by molar-refractivity contribution is 5.83. The van der Waals surface area contributed by atoms with Gasteiger partial charge in [0.15, 0.2) is 11.6 Å². The Morgan fingerprint density at radius 3 is 2.67 bits per heavy atom. The Hall–Kier alpha value is -1.84. The smallest absolute Gasteiger partial charge is 0.346 e. The van der Waals surface area contributed by atoms with Crippen LogP contribution in [0, 0.1) is 11.7 Å². The van der Waals surface area contributed by atoms with E-state index in [0.29, 0.717) is 11.1 Å². The van der Waals surface area contributed by atoms with Crippen LogP contribution in [-0.4, -0.2) is 7.11 Å². The molecule has 24 heavy (non-hydrogen) atoms. The highest BCUT2D eigenvalue weighted by Gasteiger charge is 2.25. The zero-order valence-electron chi connectivity index (χ0n) is 14.4. The number of unbranched alkanes of at least 4 members (excludes halogenated alkanes) is 1. The number of benzene rings is 1. The summed E-state index contributed by atoms with van der Waals surface area (Å²) in [5.74, 6) is 1.20. The number of hydrogen-bond donors (Lipinski definition) is 0. The molecule has 0 radical (unpaired) electrons. The third kappa shape index (κ3) is 3.33. The highest BCUT2D eigenvalue weighted by Crippen LogP contribution is 2.38. The molecule has 1 aromatic carbocycles. The molecule has 0 N–H and O–H groups in total. The molecule has 2 aromatic rings. The van der Waals surface area contributed by atoms with E-state index in [-0.39, 0.29) is 17.1 Å². The lowest BCUT2D eigenvalue weighted by Crippen LogP contribution is -2.15. The zero-order valence-corrected chi connectivity index (χ0v) is 14.4. The second-order valence-corrected chi connectivity index (χ2v) is 6.84. The Morgan fingerprint density at radius 2 is 2.00 bits per heavy atom. The molecule has 130 valence electrons. The Kier molecular flexibility index (Phi) is 5.22. The second-order valence-electron chi connectivity index (χ2n) is 6.84. The summed E-state index contributed by atoms with van der Waals surface area (Å²) in [6.07, 6.45) is 8.29. The van der Waals surface area contributed by atoms with E-state index in [0.717, 1.165) is 18.8 Å². The van der Waals surface area contributed by atoms with Crippen LogP contribution in [0.4, 0.5) is 4.39 Å². The van der Waals surface area contributed by atoms with Gasteiger partial charge in [-0.1, -0.05) is 32.3 Å². The summed E-state index contributed by atoms with van der Waals surface area (Å²) in [7, 11) is 1.39. The summed E-state index contributed by atoms with van der Waals surface area (Å²) >= 11 is 0. The van der Waals surface area contributed by atoms with Gasteiger partial charge in [0.1, 0.15) is 11.1 Å². The number of methoxy groups -OCH3 is 1. The van der Waals surface area contributed by atoms with Gasteiger partial charge >= 0.3 is 5.63 Å². The van der Waals surface area contributed by atoms with Crippen LogP contribution in [0.5, 0.6) is 5.75 Å². The van der Waals surface area contributed by atoms with Gasteiger partial charge in [-0.05, 0) is 49.1 Å². The molecule has 3 nitrogen and oxygen atoms in total. The maximum Gasteiger partial charge on any atom is 0.346 e. The fraction of sp³-hybridized carbons (Fsp3) is 0.550. The lowest BCUT2D eigenvalue weighted by molar-refractivity contribution is 0.277. The number of halogens is 1. The first-order valence-corrected chi connectivity index (χ1v) is 8.94. The van der Waals surface area contributed by atoms with Crippen LogP contribution in [0.15, 0.2) is 27.4 Å². The van der Waals surface area contributed by atoms with Gasteiger partial charge in [0.25, 0.3) is 0 Å². The van der Waals surface area contributed by atoms with Crippen LogP contribution in [0.3, 0.4) is 0 Å². The van der Waals surface area contributed by atoms with Crippen LogP contribution in [0.2, 0.25) is 0 Å². The molecule has 0 unspecified atom stereocenters. The minimum absolute atomic E-state index is 0.0188. The average molecular weight is 332 g/mol. The van der Waals surface area contributed by atoms with E-state index in [1.165, 1.54) is 39.2 Å². The Labute approximate surface area is 141 Å². The first-order valence-electron chi connectivity index (χ1n) is 8.94. The van der Waals surface area contributed by atoms with Gasteiger partial charge in [0.2, 0.25) is 0 Å². The summed E-state index contributed by atoms with van der Waals surface area (Å²) < 4.78 is 24.7. The molecule has 0 spiro atoms. The number of rotatable bonds is 5. The Bertz CT molecular complexity index is 757. The lowest BCUT2D eigenvalue weighted by Gasteiger charge is -2.27. The predicted molar refractivity (Wildman–Crippen MR) is 93.2 cm³/mol. The standard InChI is InChI=1S/C20H25FO3/c1-3-4-5-13-6-8-14(9-7-13)17-12-15-10-11-16(23-2)19(21)18(15)20(22)24-17/h10-14H,3-9H2,1-2H3. The Morgan fingerprint density at radius 1 is 1.25 bits per heavy atom. The molecule has 4 heteroatoms. The van der Waals surface area contributed by atoms with Crippen LogP contribution in [0.1, 0.15) is 63.5 Å². The molecule has 0 aliphatic heterocycles. The molecule has 1 aliphatic carbocycles. The van der Waals surface area contributed by atoms with Crippen molar-refractivity contribution in [3.8, 4) is 5.75 Å². The number of hydrogen-bond acceptors (Lipinski definition) is 3. The van der Waals surface area contributed by atoms with Crippen molar-refractivity contribution in [3.63, 3.8) is 0 Å². The van der Waals surface area contributed by atoms with Crippen LogP contribution in [-0.2, 0) is 0 Å². The SMILES string of the molecule is CCCCC1CCC(c2cc3ccc(OC)c(F)c3c(=O)o2)CC1. The minimum atomic E-state index is -0.640. The molecule has 1 fully saturated rings. The molecule has 0 amide bonds. The predicted octanol–water partition coefficient (Wildman–Crippen LogP) is 5.40. The third-order valence-corrected chi connectivity index (χ3v) is 5.29. The molecule has 0 saturated heterocycles. The van der Waals surface area contributed by atoms with Crippen LogP contribution in [0.25, 0.3) is 10.8 Å². The third-order valence-electron chi connectivity index (χ3n) is 5.29. The normalized spacial score (nSPS) is 21.1. The van der Waals surface area contributed by atoms with Crippen molar-refractivity contribution in [2.75, 3.05) is 7.11 Å². The van der Waals surface area contributed by atoms with E-state index >= 15 is 0 Å². The van der Waals surface area contributed by atoms with E-state index in [2.05, 4.69) is 6.92 Å². The van der Waals surface area contributed by atoms with Crippen molar-refractivity contribution in [1.82, 2.24) is 0 Å². The van der Waals surface area contributed by atoms with Crippen LogP contribution < -0.4 is 10.4 Å². The van der Waals surface area contributed by atoms with E-state index < -0.39 is 11.4 Å². The molecule has 1 heterocycles. The van der Waals surface area contributed by atoms with Crippen molar-refractivity contribution in [2.24, 2.45) is 5.92 Å². The summed E-state index contributed by atoms with van der Waals surface area (Å²) in [6.45, 7) is 2.23. The van der Waals surface area contributed by atoms with Crippen molar-refractivity contribution in [2.45, 2.75) is 57.8 Å².